The van der Waals surface area contributed by atoms with Gasteiger partial charge in [0.25, 0.3) is 0 Å². The summed E-state index contributed by atoms with van der Waals surface area (Å²) in [7, 11) is -3.92. The highest BCUT2D eigenvalue weighted by Crippen LogP contribution is 2.35. The van der Waals surface area contributed by atoms with Crippen LogP contribution in [0.4, 0.5) is 0 Å². The van der Waals surface area contributed by atoms with E-state index in [1.54, 1.807) is 0 Å². The fourth-order valence-corrected chi connectivity index (χ4v) is 1.92. The first-order valence-corrected chi connectivity index (χ1v) is 5.19. The Morgan fingerprint density at radius 2 is 1.93 bits per heavy atom. The molecule has 0 unspecified atom stereocenters. The predicted octanol–water partition coefficient (Wildman–Crippen LogP) is -2.06. The molecule has 1 saturated heterocycles. The number of rotatable bonds is 4. The van der Waals surface area contributed by atoms with Gasteiger partial charge in [0.15, 0.2) is 5.96 Å². The van der Waals surface area contributed by atoms with Gasteiger partial charge in [0.2, 0.25) is 0 Å². The fraction of sp³-hybridized carbons (Fsp3) is 0.800. The van der Waals surface area contributed by atoms with E-state index in [0.29, 0.717) is 13.0 Å². The van der Waals surface area contributed by atoms with Gasteiger partial charge in [-0.05, 0) is 13.0 Å². The van der Waals surface area contributed by atoms with Crippen LogP contribution in [0.2, 0.25) is 0 Å². The van der Waals surface area contributed by atoms with Gasteiger partial charge in [0.05, 0.1) is 0 Å². The maximum atomic E-state index is 10.6. The average molecular weight is 224 g/mol. The minimum absolute atomic E-state index is 0.181. The highest BCUT2D eigenvalue weighted by Gasteiger charge is 2.52. The number of hydrogen-bond donors (Lipinski definition) is 3. The normalized spacial score (nSPS) is 22.4. The average Bonchev–Trinajstić information content (AvgIpc) is 1.95. The van der Waals surface area contributed by atoms with Crippen molar-refractivity contribution in [2.75, 3.05) is 6.54 Å². The lowest BCUT2D eigenvalue weighted by Gasteiger charge is -2.35. The SMILES string of the molecule is NCCCC1(N=C(N)N)OS(=O)(=O)O1. The van der Waals surface area contributed by atoms with Crippen molar-refractivity contribution in [3.63, 3.8) is 0 Å². The van der Waals surface area contributed by atoms with Gasteiger partial charge in [-0.3, -0.25) is 0 Å². The summed E-state index contributed by atoms with van der Waals surface area (Å²) < 4.78 is 30.2. The molecule has 1 aliphatic heterocycles. The zero-order valence-corrected chi connectivity index (χ0v) is 8.16. The minimum Gasteiger partial charge on any atom is -0.370 e. The second-order valence-electron chi connectivity index (χ2n) is 2.72. The lowest BCUT2D eigenvalue weighted by atomic mass is 10.2. The van der Waals surface area contributed by atoms with Gasteiger partial charge in [0, 0.05) is 6.42 Å². The quantitative estimate of drug-likeness (QED) is 0.368. The molecule has 1 heterocycles. The standard InChI is InChI=1S/C5H12N4O4S/c6-3-1-2-5(9-4(7)8)12-14(10,11)13-5/h1-3,6H2,(H4,7,8,9). The van der Waals surface area contributed by atoms with E-state index in [1.165, 1.54) is 0 Å². The van der Waals surface area contributed by atoms with Crippen LogP contribution in [0.1, 0.15) is 12.8 Å². The summed E-state index contributed by atoms with van der Waals surface area (Å²) in [4.78, 5) is 3.54. The van der Waals surface area contributed by atoms with Gasteiger partial charge in [0.1, 0.15) is 0 Å². The zero-order chi connectivity index (χ0) is 10.8. The number of guanidine groups is 1. The maximum absolute atomic E-state index is 10.6. The highest BCUT2D eigenvalue weighted by atomic mass is 32.3. The van der Waals surface area contributed by atoms with E-state index in [2.05, 4.69) is 13.4 Å². The van der Waals surface area contributed by atoms with E-state index >= 15 is 0 Å². The van der Waals surface area contributed by atoms with Crippen LogP contribution in [0.15, 0.2) is 4.99 Å². The summed E-state index contributed by atoms with van der Waals surface area (Å²) in [6, 6.07) is 0. The molecular formula is C5H12N4O4S. The van der Waals surface area contributed by atoms with Crippen LogP contribution in [0.3, 0.4) is 0 Å². The van der Waals surface area contributed by atoms with Crippen molar-refractivity contribution in [2.45, 2.75) is 18.8 Å². The summed E-state index contributed by atoms with van der Waals surface area (Å²) in [5, 5.41) is 0. The van der Waals surface area contributed by atoms with Crippen LogP contribution in [0, 0.1) is 0 Å². The molecule has 0 spiro atoms. The molecule has 0 aromatic rings. The Hall–Kier alpha value is -0.900. The summed E-state index contributed by atoms with van der Waals surface area (Å²) in [5.41, 5.74) is 15.4. The van der Waals surface area contributed by atoms with Crippen molar-refractivity contribution in [1.82, 2.24) is 0 Å². The van der Waals surface area contributed by atoms with Gasteiger partial charge in [-0.1, -0.05) is 0 Å². The third-order valence-corrected chi connectivity index (χ3v) is 2.39. The molecule has 0 radical (unpaired) electrons. The molecule has 0 aromatic carbocycles. The molecule has 1 rings (SSSR count). The van der Waals surface area contributed by atoms with Gasteiger partial charge < -0.3 is 17.2 Å². The minimum atomic E-state index is -3.92. The van der Waals surface area contributed by atoms with Crippen molar-refractivity contribution < 1.29 is 16.8 Å². The highest BCUT2D eigenvalue weighted by molar-refractivity contribution is 7.82. The van der Waals surface area contributed by atoms with Crippen LogP contribution in [-0.2, 0) is 18.8 Å². The number of nitrogens with zero attached hydrogens (tertiary/aromatic N) is 1. The predicted molar refractivity (Wildman–Crippen MR) is 47.9 cm³/mol. The Kier molecular flexibility index (Phi) is 2.95. The van der Waals surface area contributed by atoms with Crippen molar-refractivity contribution >= 4 is 16.4 Å². The van der Waals surface area contributed by atoms with Gasteiger partial charge in [-0.2, -0.15) is 21.8 Å². The van der Waals surface area contributed by atoms with E-state index in [1.807, 2.05) is 0 Å². The van der Waals surface area contributed by atoms with Crippen LogP contribution in [-0.4, -0.2) is 26.8 Å². The molecule has 8 nitrogen and oxygen atoms in total. The van der Waals surface area contributed by atoms with Crippen LogP contribution in [0.25, 0.3) is 0 Å². The molecule has 0 bridgehead atoms. The number of nitrogens with two attached hydrogens (primary N) is 3. The third kappa shape index (κ3) is 2.54. The zero-order valence-electron chi connectivity index (χ0n) is 7.34. The van der Waals surface area contributed by atoms with Crippen LogP contribution < -0.4 is 17.2 Å². The lowest BCUT2D eigenvalue weighted by molar-refractivity contribution is -0.184. The molecule has 6 N–H and O–H groups in total. The van der Waals surface area contributed by atoms with Crippen LogP contribution in [0.5, 0.6) is 0 Å². The van der Waals surface area contributed by atoms with Crippen LogP contribution >= 0.6 is 0 Å². The molecule has 0 amide bonds. The third-order valence-electron chi connectivity index (χ3n) is 1.46. The second kappa shape index (κ2) is 3.69. The van der Waals surface area contributed by atoms with Crippen molar-refractivity contribution in [3.8, 4) is 0 Å². The summed E-state index contributed by atoms with van der Waals surface area (Å²) in [6.07, 6.45) is 0.660. The van der Waals surface area contributed by atoms with Gasteiger partial charge in [-0.25, -0.2) is 0 Å². The largest absolute Gasteiger partial charge is 0.408 e. The molecule has 1 fully saturated rings. The fourth-order valence-electron chi connectivity index (χ4n) is 1.02. The van der Waals surface area contributed by atoms with E-state index in [0.717, 1.165) is 0 Å². The molecule has 14 heavy (non-hydrogen) atoms. The van der Waals surface area contributed by atoms with Gasteiger partial charge >= 0.3 is 16.3 Å². The first-order valence-electron chi connectivity index (χ1n) is 3.86. The van der Waals surface area contributed by atoms with E-state index in [-0.39, 0.29) is 12.4 Å². The molecule has 1 aliphatic rings. The molecule has 0 aliphatic carbocycles. The number of hydrogen-bond acceptors (Lipinski definition) is 6. The first-order chi connectivity index (χ1) is 6.39. The maximum Gasteiger partial charge on any atom is 0.408 e. The van der Waals surface area contributed by atoms with E-state index < -0.39 is 16.3 Å². The second-order valence-corrected chi connectivity index (χ2v) is 3.87. The van der Waals surface area contributed by atoms with E-state index in [4.69, 9.17) is 17.2 Å². The van der Waals surface area contributed by atoms with Crippen molar-refractivity contribution in [1.29, 1.82) is 0 Å². The Morgan fingerprint density at radius 1 is 1.36 bits per heavy atom. The summed E-state index contributed by atoms with van der Waals surface area (Å²) >= 11 is 0. The first kappa shape index (κ1) is 11.2. The molecule has 0 atom stereocenters. The Labute approximate surface area is 81.4 Å². The van der Waals surface area contributed by atoms with Gasteiger partial charge in [-0.15, -0.1) is 0 Å². The Balaban J connectivity index is 2.70. The lowest BCUT2D eigenvalue weighted by Crippen LogP contribution is -2.51. The smallest absolute Gasteiger partial charge is 0.370 e. The monoisotopic (exact) mass is 224 g/mol. The summed E-state index contributed by atoms with van der Waals surface area (Å²) in [5.74, 6) is -1.91. The van der Waals surface area contributed by atoms with Crippen molar-refractivity contribution in [2.24, 2.45) is 22.2 Å². The molecule has 82 valence electrons. The molecule has 9 heteroatoms. The topological polar surface area (TPSA) is 143 Å². The van der Waals surface area contributed by atoms with Crippen molar-refractivity contribution in [3.05, 3.63) is 0 Å². The molecular weight excluding hydrogens is 212 g/mol. The Bertz CT molecular complexity index is 322. The Morgan fingerprint density at radius 3 is 2.29 bits per heavy atom. The number of aliphatic imine (C=N–C) groups is 1. The molecule has 0 saturated carbocycles. The summed E-state index contributed by atoms with van der Waals surface area (Å²) in [6.45, 7) is 0.356. The molecule has 0 aromatic heterocycles. The van der Waals surface area contributed by atoms with E-state index in [9.17, 15) is 8.42 Å².